The lowest BCUT2D eigenvalue weighted by Gasteiger charge is -2.13. The summed E-state index contributed by atoms with van der Waals surface area (Å²) >= 11 is 12.7. The number of hydrogen-bond acceptors (Lipinski definition) is 4. The third kappa shape index (κ3) is 3.38. The molecular weight excluding hydrogens is 339 g/mol. The molecule has 1 aromatic heterocycles. The molecule has 20 heavy (non-hydrogen) atoms. The molecule has 2 rings (SSSR count). The van der Waals surface area contributed by atoms with Gasteiger partial charge in [0, 0.05) is 25.5 Å². The quantitative estimate of drug-likeness (QED) is 0.908. The first-order valence-electron chi connectivity index (χ1n) is 5.54. The monoisotopic (exact) mass is 350 g/mol. The standard InChI is InChI=1S/C12H12Cl2N2O2S2/c1-16(2)9-5-3-8(4-6-9)15-20(17,18)10-7-11(13)19-12(10)14/h3-7,15H,1-2H3. The van der Waals surface area contributed by atoms with Crippen LogP contribution in [0.3, 0.4) is 0 Å². The van der Waals surface area contributed by atoms with Crippen molar-refractivity contribution in [3.05, 3.63) is 39.0 Å². The number of benzene rings is 1. The van der Waals surface area contributed by atoms with Gasteiger partial charge in [-0.05, 0) is 30.3 Å². The van der Waals surface area contributed by atoms with Crippen LogP contribution < -0.4 is 9.62 Å². The Balaban J connectivity index is 2.26. The van der Waals surface area contributed by atoms with Crippen molar-refractivity contribution in [3.63, 3.8) is 0 Å². The average molecular weight is 351 g/mol. The molecule has 4 nitrogen and oxygen atoms in total. The first kappa shape index (κ1) is 15.4. The van der Waals surface area contributed by atoms with E-state index in [1.807, 2.05) is 31.1 Å². The molecule has 1 N–H and O–H groups in total. The van der Waals surface area contributed by atoms with Gasteiger partial charge in [0.2, 0.25) is 0 Å². The highest BCUT2D eigenvalue weighted by molar-refractivity contribution is 7.93. The zero-order chi connectivity index (χ0) is 14.9. The molecule has 1 aromatic carbocycles. The topological polar surface area (TPSA) is 49.4 Å². The predicted molar refractivity (Wildman–Crippen MR) is 85.9 cm³/mol. The lowest BCUT2D eigenvalue weighted by atomic mass is 10.3. The molecule has 0 bridgehead atoms. The van der Waals surface area contributed by atoms with Crippen LogP contribution in [0.1, 0.15) is 0 Å². The molecule has 8 heteroatoms. The van der Waals surface area contributed by atoms with Crippen LogP contribution in [0, 0.1) is 0 Å². The van der Waals surface area contributed by atoms with Crippen molar-refractivity contribution in [2.75, 3.05) is 23.7 Å². The fourth-order valence-electron chi connectivity index (χ4n) is 1.55. The number of sulfonamides is 1. The van der Waals surface area contributed by atoms with E-state index in [1.165, 1.54) is 6.07 Å². The van der Waals surface area contributed by atoms with E-state index in [2.05, 4.69) is 4.72 Å². The number of rotatable bonds is 4. The number of nitrogens with zero attached hydrogens (tertiary/aromatic N) is 1. The molecule has 0 aliphatic carbocycles. The van der Waals surface area contributed by atoms with Gasteiger partial charge >= 0.3 is 0 Å². The minimum absolute atomic E-state index is 0.00847. The maximum absolute atomic E-state index is 12.2. The number of nitrogens with one attached hydrogen (secondary N) is 1. The van der Waals surface area contributed by atoms with Gasteiger partial charge in [-0.3, -0.25) is 4.72 Å². The highest BCUT2D eigenvalue weighted by Gasteiger charge is 2.21. The summed E-state index contributed by atoms with van der Waals surface area (Å²) in [6.07, 6.45) is 0. The summed E-state index contributed by atoms with van der Waals surface area (Å²) in [5, 5.41) is 0. The van der Waals surface area contributed by atoms with E-state index in [-0.39, 0.29) is 9.23 Å². The van der Waals surface area contributed by atoms with Gasteiger partial charge in [-0.15, -0.1) is 11.3 Å². The van der Waals surface area contributed by atoms with Crippen LogP contribution >= 0.6 is 34.5 Å². The first-order valence-corrected chi connectivity index (χ1v) is 8.60. The summed E-state index contributed by atoms with van der Waals surface area (Å²) < 4.78 is 27.3. The van der Waals surface area contributed by atoms with Gasteiger partial charge in [0.25, 0.3) is 10.0 Å². The minimum atomic E-state index is -3.73. The Labute approximate surface area is 132 Å². The van der Waals surface area contributed by atoms with E-state index in [9.17, 15) is 8.42 Å². The van der Waals surface area contributed by atoms with E-state index >= 15 is 0 Å². The summed E-state index contributed by atoms with van der Waals surface area (Å²) in [7, 11) is 0.0922. The van der Waals surface area contributed by atoms with Gasteiger partial charge in [0.1, 0.15) is 9.23 Å². The Hall–Kier alpha value is -0.950. The Kier molecular flexibility index (Phi) is 4.49. The summed E-state index contributed by atoms with van der Waals surface area (Å²) in [5.41, 5.74) is 1.44. The largest absolute Gasteiger partial charge is 0.378 e. The van der Waals surface area contributed by atoms with Gasteiger partial charge in [-0.1, -0.05) is 23.2 Å². The van der Waals surface area contributed by atoms with E-state index in [0.29, 0.717) is 10.0 Å². The van der Waals surface area contributed by atoms with Crippen LogP contribution in [0.25, 0.3) is 0 Å². The number of anilines is 2. The predicted octanol–water partition coefficient (Wildman–Crippen LogP) is 3.92. The maximum Gasteiger partial charge on any atom is 0.264 e. The second kappa shape index (κ2) is 5.81. The maximum atomic E-state index is 12.2. The van der Waals surface area contributed by atoms with Crippen LogP contribution in [-0.4, -0.2) is 22.5 Å². The smallest absolute Gasteiger partial charge is 0.264 e. The zero-order valence-electron chi connectivity index (χ0n) is 10.7. The molecule has 0 aliphatic heterocycles. The Morgan fingerprint density at radius 3 is 2.20 bits per heavy atom. The molecule has 0 aliphatic rings. The number of halogens is 2. The first-order chi connectivity index (χ1) is 9.29. The Bertz CT molecular complexity index is 710. The third-order valence-corrected chi connectivity index (χ3v) is 5.69. The van der Waals surface area contributed by atoms with E-state index in [0.717, 1.165) is 17.0 Å². The second-order valence-corrected chi connectivity index (χ2v) is 8.17. The van der Waals surface area contributed by atoms with E-state index in [4.69, 9.17) is 23.2 Å². The third-order valence-electron chi connectivity index (χ3n) is 2.55. The molecule has 0 atom stereocenters. The van der Waals surface area contributed by atoms with E-state index in [1.54, 1.807) is 12.1 Å². The molecule has 0 radical (unpaired) electrons. The normalized spacial score (nSPS) is 11.4. The summed E-state index contributed by atoms with van der Waals surface area (Å²) in [6.45, 7) is 0. The van der Waals surface area contributed by atoms with Crippen LogP contribution in [-0.2, 0) is 10.0 Å². The van der Waals surface area contributed by atoms with Gasteiger partial charge < -0.3 is 4.90 Å². The van der Waals surface area contributed by atoms with Crippen molar-refractivity contribution in [1.29, 1.82) is 0 Å². The summed E-state index contributed by atoms with van der Waals surface area (Å²) in [5.74, 6) is 0. The fraction of sp³-hybridized carbons (Fsp3) is 0.167. The van der Waals surface area contributed by atoms with Gasteiger partial charge in [0.15, 0.2) is 0 Å². The van der Waals surface area contributed by atoms with Crippen molar-refractivity contribution >= 4 is 55.9 Å². The van der Waals surface area contributed by atoms with Crippen molar-refractivity contribution in [2.45, 2.75) is 4.90 Å². The molecule has 0 amide bonds. The van der Waals surface area contributed by atoms with Crippen LogP contribution in [0.2, 0.25) is 8.67 Å². The van der Waals surface area contributed by atoms with Gasteiger partial charge in [-0.25, -0.2) is 8.42 Å². The van der Waals surface area contributed by atoms with Crippen LogP contribution in [0.15, 0.2) is 35.2 Å². The van der Waals surface area contributed by atoms with Crippen molar-refractivity contribution < 1.29 is 8.42 Å². The molecular formula is C12H12Cl2N2O2S2. The van der Waals surface area contributed by atoms with Gasteiger partial charge in [0.05, 0.1) is 4.34 Å². The SMILES string of the molecule is CN(C)c1ccc(NS(=O)(=O)c2cc(Cl)sc2Cl)cc1. The van der Waals surface area contributed by atoms with E-state index < -0.39 is 10.0 Å². The molecule has 108 valence electrons. The number of hydrogen-bond donors (Lipinski definition) is 1. The Morgan fingerprint density at radius 2 is 1.75 bits per heavy atom. The lowest BCUT2D eigenvalue weighted by molar-refractivity contribution is 0.601. The van der Waals surface area contributed by atoms with Gasteiger partial charge in [-0.2, -0.15) is 0 Å². The fourth-order valence-corrected chi connectivity index (χ4v) is 4.76. The van der Waals surface area contributed by atoms with Crippen LogP contribution in [0.4, 0.5) is 11.4 Å². The molecule has 0 saturated heterocycles. The lowest BCUT2D eigenvalue weighted by Crippen LogP contribution is -2.13. The van der Waals surface area contributed by atoms with Crippen molar-refractivity contribution in [1.82, 2.24) is 0 Å². The average Bonchev–Trinajstić information content (AvgIpc) is 2.69. The molecule has 1 heterocycles. The van der Waals surface area contributed by atoms with Crippen molar-refractivity contribution in [2.24, 2.45) is 0 Å². The summed E-state index contributed by atoms with van der Waals surface area (Å²) in [4.78, 5) is 1.92. The second-order valence-electron chi connectivity index (χ2n) is 4.24. The summed E-state index contributed by atoms with van der Waals surface area (Å²) in [6, 6.07) is 8.36. The van der Waals surface area contributed by atoms with Crippen molar-refractivity contribution in [3.8, 4) is 0 Å². The van der Waals surface area contributed by atoms with Crippen LogP contribution in [0.5, 0.6) is 0 Å². The molecule has 0 saturated carbocycles. The molecule has 0 unspecified atom stereocenters. The zero-order valence-corrected chi connectivity index (χ0v) is 13.9. The molecule has 0 fully saturated rings. The minimum Gasteiger partial charge on any atom is -0.378 e. The Morgan fingerprint density at radius 1 is 1.15 bits per heavy atom. The molecule has 2 aromatic rings. The highest BCUT2D eigenvalue weighted by Crippen LogP contribution is 2.35. The highest BCUT2D eigenvalue weighted by atomic mass is 35.5. The molecule has 0 spiro atoms. The number of thiophene rings is 1.